The van der Waals surface area contributed by atoms with Crippen LogP contribution in [0.3, 0.4) is 0 Å². The number of hydrogen-bond donors (Lipinski definition) is 0. The van der Waals surface area contributed by atoms with Crippen LogP contribution in [-0.2, 0) is 14.9 Å². The van der Waals surface area contributed by atoms with E-state index in [0.29, 0.717) is 16.1 Å². The van der Waals surface area contributed by atoms with Gasteiger partial charge >= 0.3 is 5.97 Å². The van der Waals surface area contributed by atoms with E-state index in [2.05, 4.69) is 20.7 Å². The average molecular weight is 294 g/mol. The standard InChI is InChI=1S/C10H10BrClO3/c1-14-10(13)6-15-8-3-2-7(5-11)9(12)4-8/h2-4H,5-6H2,1H3. The minimum atomic E-state index is -0.421. The van der Waals surface area contributed by atoms with Crippen molar-refractivity contribution in [1.29, 1.82) is 0 Å². The molecule has 0 unspecified atom stereocenters. The Morgan fingerprint density at radius 1 is 1.53 bits per heavy atom. The normalized spacial score (nSPS) is 9.80. The van der Waals surface area contributed by atoms with Crippen molar-refractivity contribution < 1.29 is 14.3 Å². The molecule has 15 heavy (non-hydrogen) atoms. The van der Waals surface area contributed by atoms with Crippen LogP contribution in [0.4, 0.5) is 0 Å². The molecule has 3 nitrogen and oxygen atoms in total. The van der Waals surface area contributed by atoms with Crippen molar-refractivity contribution >= 4 is 33.5 Å². The van der Waals surface area contributed by atoms with E-state index in [1.807, 2.05) is 6.07 Å². The molecule has 0 radical (unpaired) electrons. The number of alkyl halides is 1. The number of esters is 1. The summed E-state index contributed by atoms with van der Waals surface area (Å²) in [6.45, 7) is -0.111. The van der Waals surface area contributed by atoms with Crippen molar-refractivity contribution in [2.45, 2.75) is 5.33 Å². The Bertz CT molecular complexity index is 355. The summed E-state index contributed by atoms with van der Waals surface area (Å²) in [6, 6.07) is 5.26. The summed E-state index contributed by atoms with van der Waals surface area (Å²) in [6.07, 6.45) is 0. The first-order valence-corrected chi connectivity index (χ1v) is 5.71. The maximum absolute atomic E-state index is 10.8. The predicted molar refractivity (Wildman–Crippen MR) is 61.6 cm³/mol. The number of rotatable bonds is 4. The molecule has 0 atom stereocenters. The third-order valence-corrected chi connectivity index (χ3v) is 2.71. The molecule has 1 rings (SSSR count). The molecule has 0 bridgehead atoms. The summed E-state index contributed by atoms with van der Waals surface area (Å²) in [7, 11) is 1.31. The summed E-state index contributed by atoms with van der Waals surface area (Å²) in [5, 5.41) is 1.29. The van der Waals surface area contributed by atoms with Crippen molar-refractivity contribution in [3.63, 3.8) is 0 Å². The van der Waals surface area contributed by atoms with E-state index >= 15 is 0 Å². The van der Waals surface area contributed by atoms with Gasteiger partial charge in [-0.15, -0.1) is 0 Å². The first kappa shape index (κ1) is 12.3. The van der Waals surface area contributed by atoms with Crippen molar-refractivity contribution in [2.24, 2.45) is 0 Å². The molecular formula is C10H10BrClO3. The quantitative estimate of drug-likeness (QED) is 0.632. The first-order valence-electron chi connectivity index (χ1n) is 4.21. The van der Waals surface area contributed by atoms with Crippen LogP contribution in [0.25, 0.3) is 0 Å². The van der Waals surface area contributed by atoms with Gasteiger partial charge in [0.15, 0.2) is 6.61 Å². The van der Waals surface area contributed by atoms with Crippen molar-refractivity contribution in [2.75, 3.05) is 13.7 Å². The Hall–Kier alpha value is -0.740. The monoisotopic (exact) mass is 292 g/mol. The summed E-state index contributed by atoms with van der Waals surface area (Å²) < 4.78 is 9.61. The van der Waals surface area contributed by atoms with Crippen molar-refractivity contribution in [3.05, 3.63) is 28.8 Å². The maximum atomic E-state index is 10.8. The van der Waals surface area contributed by atoms with Gasteiger partial charge < -0.3 is 9.47 Å². The highest BCUT2D eigenvalue weighted by atomic mass is 79.9. The highest BCUT2D eigenvalue weighted by Gasteiger charge is 2.04. The van der Waals surface area contributed by atoms with Crippen LogP contribution in [0.1, 0.15) is 5.56 Å². The number of halogens is 2. The molecule has 1 aromatic carbocycles. The Balaban J connectivity index is 2.63. The summed E-state index contributed by atoms with van der Waals surface area (Å²) in [5.74, 6) is 0.130. The number of hydrogen-bond acceptors (Lipinski definition) is 3. The second-order valence-corrected chi connectivity index (χ2v) is 3.72. The van der Waals surface area contributed by atoms with Gasteiger partial charge in [-0.1, -0.05) is 33.6 Å². The second kappa shape index (κ2) is 5.98. The van der Waals surface area contributed by atoms with Crippen LogP contribution in [-0.4, -0.2) is 19.7 Å². The topological polar surface area (TPSA) is 35.5 Å². The van der Waals surface area contributed by atoms with E-state index in [-0.39, 0.29) is 6.61 Å². The van der Waals surface area contributed by atoms with Gasteiger partial charge in [0.2, 0.25) is 0 Å². The zero-order valence-electron chi connectivity index (χ0n) is 8.13. The minimum Gasteiger partial charge on any atom is -0.482 e. The van der Waals surface area contributed by atoms with Gasteiger partial charge in [-0.05, 0) is 17.7 Å². The van der Waals surface area contributed by atoms with Crippen LogP contribution in [0.15, 0.2) is 18.2 Å². The Morgan fingerprint density at radius 2 is 2.27 bits per heavy atom. The molecule has 5 heteroatoms. The molecule has 0 aliphatic rings. The lowest BCUT2D eigenvalue weighted by Crippen LogP contribution is -2.12. The van der Waals surface area contributed by atoms with E-state index in [1.54, 1.807) is 12.1 Å². The maximum Gasteiger partial charge on any atom is 0.343 e. The number of methoxy groups -OCH3 is 1. The first-order chi connectivity index (χ1) is 7.17. The fourth-order valence-electron chi connectivity index (χ4n) is 0.927. The number of carbonyl (C=O) groups is 1. The van der Waals surface area contributed by atoms with Crippen LogP contribution in [0.5, 0.6) is 5.75 Å². The van der Waals surface area contributed by atoms with Crippen LogP contribution >= 0.6 is 27.5 Å². The third kappa shape index (κ3) is 3.72. The van der Waals surface area contributed by atoms with Crippen molar-refractivity contribution in [1.82, 2.24) is 0 Å². The predicted octanol–water partition coefficient (Wildman–Crippen LogP) is 2.79. The molecule has 0 aliphatic carbocycles. The van der Waals surface area contributed by atoms with Crippen LogP contribution in [0, 0.1) is 0 Å². The average Bonchev–Trinajstić information content (AvgIpc) is 2.26. The molecule has 0 amide bonds. The molecule has 0 N–H and O–H groups in total. The zero-order valence-corrected chi connectivity index (χ0v) is 10.5. The van der Waals surface area contributed by atoms with Gasteiger partial charge in [-0.25, -0.2) is 4.79 Å². The zero-order chi connectivity index (χ0) is 11.3. The van der Waals surface area contributed by atoms with Gasteiger partial charge in [-0.2, -0.15) is 0 Å². The molecule has 0 fully saturated rings. The van der Waals surface area contributed by atoms with Gasteiger partial charge in [0.1, 0.15) is 5.75 Å². The van der Waals surface area contributed by atoms with E-state index in [9.17, 15) is 4.79 Å². The molecule has 0 heterocycles. The van der Waals surface area contributed by atoms with Gasteiger partial charge in [-0.3, -0.25) is 0 Å². The van der Waals surface area contributed by atoms with Crippen molar-refractivity contribution in [3.8, 4) is 5.75 Å². The molecular weight excluding hydrogens is 283 g/mol. The fraction of sp³-hybridized carbons (Fsp3) is 0.300. The highest BCUT2D eigenvalue weighted by Crippen LogP contribution is 2.24. The number of carbonyl (C=O) groups excluding carboxylic acids is 1. The molecule has 0 saturated heterocycles. The minimum absolute atomic E-state index is 0.111. The SMILES string of the molecule is COC(=O)COc1ccc(CBr)c(Cl)c1. The lowest BCUT2D eigenvalue weighted by molar-refractivity contribution is -0.142. The fourth-order valence-corrected chi connectivity index (χ4v) is 1.82. The highest BCUT2D eigenvalue weighted by molar-refractivity contribution is 9.08. The largest absolute Gasteiger partial charge is 0.482 e. The Labute approximate surface area is 101 Å². The van der Waals surface area contributed by atoms with Gasteiger partial charge in [0.25, 0.3) is 0 Å². The second-order valence-electron chi connectivity index (χ2n) is 2.75. The van der Waals surface area contributed by atoms with Crippen LogP contribution in [0.2, 0.25) is 5.02 Å². The smallest absolute Gasteiger partial charge is 0.343 e. The summed E-state index contributed by atoms with van der Waals surface area (Å²) >= 11 is 9.26. The lowest BCUT2D eigenvalue weighted by Gasteiger charge is -2.06. The molecule has 0 aromatic heterocycles. The van der Waals surface area contributed by atoms with E-state index in [4.69, 9.17) is 16.3 Å². The molecule has 0 saturated carbocycles. The number of ether oxygens (including phenoxy) is 2. The Kier molecular flexibility index (Phi) is 4.91. The van der Waals surface area contributed by atoms with E-state index in [1.165, 1.54) is 7.11 Å². The summed E-state index contributed by atoms with van der Waals surface area (Å²) in [4.78, 5) is 10.8. The third-order valence-electron chi connectivity index (χ3n) is 1.75. The Morgan fingerprint density at radius 3 is 2.80 bits per heavy atom. The molecule has 1 aromatic rings. The lowest BCUT2D eigenvalue weighted by atomic mass is 10.2. The van der Waals surface area contributed by atoms with Gasteiger partial charge in [0, 0.05) is 10.4 Å². The number of benzene rings is 1. The summed E-state index contributed by atoms with van der Waals surface area (Å²) in [5.41, 5.74) is 0.974. The molecule has 82 valence electrons. The van der Waals surface area contributed by atoms with Crippen LogP contribution < -0.4 is 4.74 Å². The van der Waals surface area contributed by atoms with E-state index in [0.717, 1.165) is 5.56 Å². The molecule has 0 aliphatic heterocycles. The van der Waals surface area contributed by atoms with E-state index < -0.39 is 5.97 Å². The molecule has 0 spiro atoms. The van der Waals surface area contributed by atoms with Gasteiger partial charge in [0.05, 0.1) is 7.11 Å².